The summed E-state index contributed by atoms with van der Waals surface area (Å²) in [6.45, 7) is 1.07. The Kier molecular flexibility index (Phi) is 1.95. The number of rotatable bonds is 1. The topological polar surface area (TPSA) is 32.3 Å². The van der Waals surface area contributed by atoms with E-state index in [0.717, 1.165) is 18.5 Å². The van der Waals surface area contributed by atoms with Crippen LogP contribution in [-0.4, -0.2) is 11.7 Å². The summed E-state index contributed by atoms with van der Waals surface area (Å²) in [6, 6.07) is 5.78. The predicted octanol–water partition coefficient (Wildman–Crippen LogP) is 2.08. The number of nitrogens with one attached hydrogen (secondary N) is 1. The van der Waals surface area contributed by atoms with E-state index >= 15 is 0 Å². The van der Waals surface area contributed by atoms with Crippen LogP contribution in [0.2, 0.25) is 5.02 Å². The number of halogens is 1. The highest BCUT2D eigenvalue weighted by Gasteiger charge is 2.18. The number of phenols is 1. The van der Waals surface area contributed by atoms with Crippen molar-refractivity contribution in [3.8, 4) is 5.75 Å². The minimum Gasteiger partial charge on any atom is -0.506 e. The standard InChI is InChI=1S/C9H10ClNO/c10-7-5-6(1-2-9(7)12)8-3-4-11-8/h1-2,5,8,11-12H,3-4H2/t8-/m0/s1. The summed E-state index contributed by atoms with van der Waals surface area (Å²) in [6.07, 6.45) is 1.15. The molecule has 0 amide bonds. The molecule has 64 valence electrons. The van der Waals surface area contributed by atoms with E-state index in [0.29, 0.717) is 11.1 Å². The summed E-state index contributed by atoms with van der Waals surface area (Å²) in [5.41, 5.74) is 1.16. The first-order chi connectivity index (χ1) is 5.77. The van der Waals surface area contributed by atoms with Gasteiger partial charge >= 0.3 is 0 Å². The molecular formula is C9H10ClNO. The zero-order valence-electron chi connectivity index (χ0n) is 6.55. The van der Waals surface area contributed by atoms with Crippen LogP contribution in [-0.2, 0) is 0 Å². The van der Waals surface area contributed by atoms with E-state index in [1.54, 1.807) is 6.07 Å². The van der Waals surface area contributed by atoms with Crippen LogP contribution < -0.4 is 5.32 Å². The highest BCUT2D eigenvalue weighted by Crippen LogP contribution is 2.29. The number of phenolic OH excluding ortho intramolecular Hbond substituents is 1. The van der Waals surface area contributed by atoms with Gasteiger partial charge in [0.25, 0.3) is 0 Å². The van der Waals surface area contributed by atoms with Crippen molar-refractivity contribution >= 4 is 11.6 Å². The zero-order chi connectivity index (χ0) is 8.55. The van der Waals surface area contributed by atoms with Gasteiger partial charge in [0.1, 0.15) is 5.75 Å². The summed E-state index contributed by atoms with van der Waals surface area (Å²) < 4.78 is 0. The molecule has 1 heterocycles. The monoisotopic (exact) mass is 183 g/mol. The molecule has 1 fully saturated rings. The van der Waals surface area contributed by atoms with Crippen molar-refractivity contribution in [2.75, 3.05) is 6.54 Å². The molecule has 1 aromatic rings. The lowest BCUT2D eigenvalue weighted by atomic mass is 9.98. The summed E-state index contributed by atoms with van der Waals surface area (Å²) in [5, 5.41) is 12.9. The van der Waals surface area contributed by atoms with Gasteiger partial charge in [-0.2, -0.15) is 0 Å². The second kappa shape index (κ2) is 2.96. The van der Waals surface area contributed by atoms with E-state index in [-0.39, 0.29) is 5.75 Å². The Hall–Kier alpha value is -0.730. The Morgan fingerprint density at radius 2 is 2.25 bits per heavy atom. The van der Waals surface area contributed by atoms with Gasteiger partial charge in [-0.1, -0.05) is 17.7 Å². The maximum absolute atomic E-state index is 9.16. The number of benzene rings is 1. The lowest BCUT2D eigenvalue weighted by Gasteiger charge is -2.28. The van der Waals surface area contributed by atoms with Crippen LogP contribution >= 0.6 is 11.6 Å². The fourth-order valence-electron chi connectivity index (χ4n) is 1.31. The SMILES string of the molecule is Oc1ccc([C@@H]2CCN2)cc1Cl. The van der Waals surface area contributed by atoms with E-state index in [2.05, 4.69) is 5.32 Å². The molecule has 0 aromatic heterocycles. The van der Waals surface area contributed by atoms with Crippen LogP contribution in [0.25, 0.3) is 0 Å². The third-order valence-corrected chi connectivity index (χ3v) is 2.50. The van der Waals surface area contributed by atoms with Gasteiger partial charge < -0.3 is 10.4 Å². The molecule has 0 unspecified atom stereocenters. The first-order valence-electron chi connectivity index (χ1n) is 3.99. The molecular weight excluding hydrogens is 174 g/mol. The van der Waals surface area contributed by atoms with E-state index in [1.807, 2.05) is 12.1 Å². The minimum absolute atomic E-state index is 0.153. The van der Waals surface area contributed by atoms with Gasteiger partial charge in [0, 0.05) is 6.04 Å². The van der Waals surface area contributed by atoms with Gasteiger partial charge in [-0.3, -0.25) is 0 Å². The molecule has 0 bridgehead atoms. The van der Waals surface area contributed by atoms with Gasteiger partial charge in [0.15, 0.2) is 0 Å². The Morgan fingerprint density at radius 3 is 2.75 bits per heavy atom. The van der Waals surface area contributed by atoms with Crippen molar-refractivity contribution in [2.24, 2.45) is 0 Å². The molecule has 1 aliphatic rings. The molecule has 1 aliphatic heterocycles. The molecule has 1 aromatic carbocycles. The Bertz CT molecular complexity index is 297. The van der Waals surface area contributed by atoms with Crippen LogP contribution in [0.4, 0.5) is 0 Å². The summed E-state index contributed by atoms with van der Waals surface area (Å²) >= 11 is 5.76. The van der Waals surface area contributed by atoms with Crippen molar-refractivity contribution in [3.05, 3.63) is 28.8 Å². The van der Waals surface area contributed by atoms with E-state index in [4.69, 9.17) is 16.7 Å². The molecule has 1 saturated heterocycles. The average molecular weight is 184 g/mol. The second-order valence-corrected chi connectivity index (χ2v) is 3.41. The fourth-order valence-corrected chi connectivity index (χ4v) is 1.50. The third-order valence-electron chi connectivity index (χ3n) is 2.20. The van der Waals surface area contributed by atoms with Crippen molar-refractivity contribution < 1.29 is 5.11 Å². The molecule has 0 aliphatic carbocycles. The van der Waals surface area contributed by atoms with Crippen LogP contribution in [0, 0.1) is 0 Å². The molecule has 12 heavy (non-hydrogen) atoms. The maximum atomic E-state index is 9.16. The molecule has 2 rings (SSSR count). The Labute approximate surface area is 76.2 Å². The molecule has 2 N–H and O–H groups in total. The van der Waals surface area contributed by atoms with Crippen LogP contribution in [0.1, 0.15) is 18.0 Å². The van der Waals surface area contributed by atoms with E-state index in [1.165, 1.54) is 0 Å². The molecule has 0 radical (unpaired) electrons. The molecule has 0 spiro atoms. The number of aromatic hydroxyl groups is 1. The average Bonchev–Trinajstić information content (AvgIpc) is 1.93. The van der Waals surface area contributed by atoms with Gasteiger partial charge in [-0.25, -0.2) is 0 Å². The minimum atomic E-state index is 0.153. The fraction of sp³-hybridized carbons (Fsp3) is 0.333. The van der Waals surface area contributed by atoms with E-state index in [9.17, 15) is 0 Å². The van der Waals surface area contributed by atoms with Gasteiger partial charge in [0.2, 0.25) is 0 Å². The first kappa shape index (κ1) is 7.90. The number of hydrogen-bond donors (Lipinski definition) is 2. The summed E-state index contributed by atoms with van der Waals surface area (Å²) in [5.74, 6) is 0.153. The van der Waals surface area contributed by atoms with Crippen molar-refractivity contribution in [1.82, 2.24) is 5.32 Å². The lowest BCUT2D eigenvalue weighted by Crippen LogP contribution is -2.34. The van der Waals surface area contributed by atoms with Crippen molar-refractivity contribution in [1.29, 1.82) is 0 Å². The molecule has 3 heteroatoms. The van der Waals surface area contributed by atoms with Crippen LogP contribution in [0.5, 0.6) is 5.75 Å². The van der Waals surface area contributed by atoms with E-state index < -0.39 is 0 Å². The number of hydrogen-bond acceptors (Lipinski definition) is 2. The van der Waals surface area contributed by atoms with Gasteiger partial charge in [-0.15, -0.1) is 0 Å². The summed E-state index contributed by atoms with van der Waals surface area (Å²) in [4.78, 5) is 0. The molecule has 2 nitrogen and oxygen atoms in total. The van der Waals surface area contributed by atoms with Crippen molar-refractivity contribution in [2.45, 2.75) is 12.5 Å². The maximum Gasteiger partial charge on any atom is 0.134 e. The van der Waals surface area contributed by atoms with Gasteiger partial charge in [0.05, 0.1) is 5.02 Å². The highest BCUT2D eigenvalue weighted by molar-refractivity contribution is 6.32. The largest absolute Gasteiger partial charge is 0.506 e. The zero-order valence-corrected chi connectivity index (χ0v) is 7.30. The van der Waals surface area contributed by atoms with Crippen LogP contribution in [0.15, 0.2) is 18.2 Å². The second-order valence-electron chi connectivity index (χ2n) is 3.01. The summed E-state index contributed by atoms with van der Waals surface area (Å²) in [7, 11) is 0. The normalized spacial score (nSPS) is 21.9. The Balaban J connectivity index is 2.27. The van der Waals surface area contributed by atoms with Crippen molar-refractivity contribution in [3.63, 3.8) is 0 Å². The Morgan fingerprint density at radius 1 is 1.50 bits per heavy atom. The molecule has 1 atom stereocenters. The third kappa shape index (κ3) is 1.28. The first-order valence-corrected chi connectivity index (χ1v) is 4.37. The predicted molar refractivity (Wildman–Crippen MR) is 48.5 cm³/mol. The lowest BCUT2D eigenvalue weighted by molar-refractivity contribution is 0.382. The molecule has 0 saturated carbocycles. The van der Waals surface area contributed by atoms with Crippen LogP contribution in [0.3, 0.4) is 0 Å². The van der Waals surface area contributed by atoms with Gasteiger partial charge in [-0.05, 0) is 30.7 Å². The quantitative estimate of drug-likeness (QED) is 0.699. The smallest absolute Gasteiger partial charge is 0.134 e. The highest BCUT2D eigenvalue weighted by atomic mass is 35.5.